The summed E-state index contributed by atoms with van der Waals surface area (Å²) in [4.78, 5) is 0. The molecule has 0 atom stereocenters. The maximum absolute atomic E-state index is 2.04. The van der Waals surface area contributed by atoms with E-state index in [4.69, 9.17) is 0 Å². The standard InChI is InChI=1S/C4H4S.GeH4/c1-2-4-5-3-1;/h1-4H;1H4. The normalized spacial score (nSPS) is 6.67. The summed E-state index contributed by atoms with van der Waals surface area (Å²) in [6.07, 6.45) is 0. The molecule has 0 spiro atoms. The van der Waals surface area contributed by atoms with Crippen LogP contribution in [0.1, 0.15) is 0 Å². The Morgan fingerprint density at radius 1 is 1.00 bits per heavy atom. The summed E-state index contributed by atoms with van der Waals surface area (Å²) >= 11 is 1.71. The van der Waals surface area contributed by atoms with E-state index in [1.165, 1.54) is 0 Å². The summed E-state index contributed by atoms with van der Waals surface area (Å²) < 4.78 is 0. The molecule has 1 heterocycles. The molecule has 0 unspecified atom stereocenters. The first kappa shape index (κ1) is 6.24. The van der Waals surface area contributed by atoms with Crippen molar-refractivity contribution in [2.24, 2.45) is 0 Å². The van der Waals surface area contributed by atoms with Gasteiger partial charge in [0.15, 0.2) is 0 Å². The first-order chi connectivity index (χ1) is 2.50. The van der Waals surface area contributed by atoms with Crippen molar-refractivity contribution in [2.75, 3.05) is 0 Å². The summed E-state index contributed by atoms with van der Waals surface area (Å²) in [5, 5.41) is 4.08. The molecule has 0 saturated heterocycles. The van der Waals surface area contributed by atoms with Gasteiger partial charge in [0.25, 0.3) is 0 Å². The number of rotatable bonds is 0. The van der Waals surface area contributed by atoms with Gasteiger partial charge >= 0.3 is 17.6 Å². The fourth-order valence-electron chi connectivity index (χ4n) is 0.227. The molecule has 0 aliphatic rings. The molecule has 0 radical (unpaired) electrons. The molecule has 0 saturated carbocycles. The Labute approximate surface area is 52.2 Å². The van der Waals surface area contributed by atoms with Crippen LogP contribution < -0.4 is 0 Å². The molecule has 1 aromatic rings. The van der Waals surface area contributed by atoms with Crippen LogP contribution in [-0.2, 0) is 0 Å². The topological polar surface area (TPSA) is 0 Å². The molecule has 0 N–H and O–H groups in total. The summed E-state index contributed by atoms with van der Waals surface area (Å²) in [6.45, 7) is 0. The van der Waals surface area contributed by atoms with E-state index in [0.717, 1.165) is 0 Å². The van der Waals surface area contributed by atoms with Crippen molar-refractivity contribution in [3.63, 3.8) is 0 Å². The average molecular weight is 161 g/mol. The Kier molecular flexibility index (Phi) is 3.57. The van der Waals surface area contributed by atoms with Crippen LogP contribution in [-0.4, -0.2) is 17.6 Å². The molecule has 0 aliphatic heterocycles. The maximum atomic E-state index is 2.04. The number of hydrogen-bond acceptors (Lipinski definition) is 1. The van der Waals surface area contributed by atoms with Gasteiger partial charge in [-0.3, -0.25) is 0 Å². The largest absolute Gasteiger partial charge is 0.152 e. The van der Waals surface area contributed by atoms with Crippen molar-refractivity contribution in [3.8, 4) is 0 Å². The smallest absolute Gasteiger partial charge is 0.00934 e. The van der Waals surface area contributed by atoms with Crippen molar-refractivity contribution in [2.45, 2.75) is 0 Å². The van der Waals surface area contributed by atoms with Crippen LogP contribution in [0, 0.1) is 0 Å². The zero-order chi connectivity index (χ0) is 3.54. The van der Waals surface area contributed by atoms with E-state index in [0.29, 0.717) is 0 Å². The predicted molar refractivity (Wildman–Crippen MR) is 35.7 cm³/mol. The van der Waals surface area contributed by atoms with Crippen LogP contribution in [0.3, 0.4) is 0 Å². The second-order valence-electron chi connectivity index (χ2n) is 0.793. The van der Waals surface area contributed by atoms with Crippen LogP contribution in [0.25, 0.3) is 0 Å². The first-order valence-electron chi connectivity index (χ1n) is 1.47. The quantitative estimate of drug-likeness (QED) is 0.479. The van der Waals surface area contributed by atoms with Crippen molar-refractivity contribution in [1.82, 2.24) is 0 Å². The van der Waals surface area contributed by atoms with E-state index in [1.54, 1.807) is 11.3 Å². The van der Waals surface area contributed by atoms with Gasteiger partial charge in [-0.2, -0.15) is 11.3 Å². The van der Waals surface area contributed by atoms with Crippen LogP contribution in [0.2, 0.25) is 0 Å². The zero-order valence-electron chi connectivity index (χ0n) is 2.72. The van der Waals surface area contributed by atoms with Crippen molar-refractivity contribution >= 4 is 28.9 Å². The van der Waals surface area contributed by atoms with Gasteiger partial charge in [-0.15, -0.1) is 0 Å². The van der Waals surface area contributed by atoms with E-state index < -0.39 is 0 Å². The van der Waals surface area contributed by atoms with Gasteiger partial charge in [0.05, 0.1) is 0 Å². The molecule has 0 bridgehead atoms. The van der Waals surface area contributed by atoms with Gasteiger partial charge in [0.2, 0.25) is 0 Å². The van der Waals surface area contributed by atoms with E-state index >= 15 is 0 Å². The zero-order valence-corrected chi connectivity index (χ0v) is 3.53. The first-order valence-corrected chi connectivity index (χ1v) is 2.41. The van der Waals surface area contributed by atoms with E-state index in [1.807, 2.05) is 22.9 Å². The SMILES string of the molecule is [GeH4].c1ccsc1. The minimum Gasteiger partial charge on any atom is -0.152 e. The van der Waals surface area contributed by atoms with Gasteiger partial charge in [-0.05, 0) is 10.8 Å². The molecule has 6 heavy (non-hydrogen) atoms. The van der Waals surface area contributed by atoms with Gasteiger partial charge in [0, 0.05) is 0 Å². The Morgan fingerprint density at radius 2 is 1.50 bits per heavy atom. The van der Waals surface area contributed by atoms with E-state index in [9.17, 15) is 0 Å². The van der Waals surface area contributed by atoms with Crippen LogP contribution in [0.15, 0.2) is 22.9 Å². The molecule has 0 nitrogen and oxygen atoms in total. The molecular weight excluding hydrogens is 153 g/mol. The minimum absolute atomic E-state index is 0. The molecule has 0 amide bonds. The summed E-state index contributed by atoms with van der Waals surface area (Å²) in [5.41, 5.74) is 0. The summed E-state index contributed by atoms with van der Waals surface area (Å²) in [5.74, 6) is 0. The monoisotopic (exact) mass is 162 g/mol. The third kappa shape index (κ3) is 1.62. The molecule has 1 aromatic heterocycles. The fourth-order valence-corrected chi connectivity index (χ4v) is 0.680. The fraction of sp³-hybridized carbons (Fsp3) is 0. The van der Waals surface area contributed by atoms with Gasteiger partial charge in [-0.25, -0.2) is 0 Å². The second kappa shape index (κ2) is 3.43. The van der Waals surface area contributed by atoms with Crippen LogP contribution >= 0.6 is 11.3 Å². The maximum Gasteiger partial charge on any atom is -0.00934 e. The summed E-state index contributed by atoms with van der Waals surface area (Å²) in [7, 11) is 0. The van der Waals surface area contributed by atoms with Gasteiger partial charge in [0.1, 0.15) is 0 Å². The Hall–Kier alpha value is 0.243. The predicted octanol–water partition coefficient (Wildman–Crippen LogP) is 0.296. The molecule has 0 aliphatic carbocycles. The molecule has 0 aromatic carbocycles. The van der Waals surface area contributed by atoms with Gasteiger partial charge in [-0.1, -0.05) is 12.1 Å². The molecule has 0 fully saturated rings. The van der Waals surface area contributed by atoms with Crippen molar-refractivity contribution in [1.29, 1.82) is 0 Å². The van der Waals surface area contributed by atoms with E-state index in [-0.39, 0.29) is 17.6 Å². The third-order valence-corrected chi connectivity index (χ3v) is 1.05. The Morgan fingerprint density at radius 3 is 1.67 bits per heavy atom. The number of thiophene rings is 1. The van der Waals surface area contributed by atoms with Crippen molar-refractivity contribution < 1.29 is 0 Å². The van der Waals surface area contributed by atoms with E-state index in [2.05, 4.69) is 0 Å². The molecule has 34 valence electrons. The molecule has 1 rings (SSSR count). The third-order valence-electron chi connectivity index (χ3n) is 0.425. The summed E-state index contributed by atoms with van der Waals surface area (Å²) in [6, 6.07) is 4.04. The average Bonchev–Trinajstić information content (AvgIpc) is 1.76. The van der Waals surface area contributed by atoms with Crippen molar-refractivity contribution in [3.05, 3.63) is 22.9 Å². The van der Waals surface area contributed by atoms with Crippen LogP contribution in [0.4, 0.5) is 0 Å². The van der Waals surface area contributed by atoms with Crippen LogP contribution in [0.5, 0.6) is 0 Å². The second-order valence-corrected chi connectivity index (χ2v) is 1.61. The Bertz CT molecular complexity index is 64.0. The molecule has 2 heteroatoms. The minimum atomic E-state index is 0. The Balaban J connectivity index is 0.000000250. The van der Waals surface area contributed by atoms with Gasteiger partial charge < -0.3 is 0 Å². The number of hydrogen-bond donors (Lipinski definition) is 0. The molecular formula is C4H8GeS.